The van der Waals surface area contributed by atoms with Crippen molar-refractivity contribution < 1.29 is 18.8 Å². The van der Waals surface area contributed by atoms with Gasteiger partial charge in [-0.3, -0.25) is 14.9 Å². The van der Waals surface area contributed by atoms with Gasteiger partial charge in [-0.25, -0.2) is 4.39 Å². The summed E-state index contributed by atoms with van der Waals surface area (Å²) in [6, 6.07) is 2.00. The lowest BCUT2D eigenvalue weighted by atomic mass is 10.0. The van der Waals surface area contributed by atoms with Crippen LogP contribution < -0.4 is 5.73 Å². The SMILES string of the molecule is Cc1cc(F)cc(C(=O)N2CCC(OCCCN)CC2)c1[N+](=O)[O-].Cl. The van der Waals surface area contributed by atoms with Gasteiger partial charge in [0.15, 0.2) is 0 Å². The first-order valence-electron chi connectivity index (χ1n) is 7.99. The standard InChI is InChI=1S/C16H22FN3O4.ClH/c1-11-9-12(17)10-14(15(11)20(22)23)16(21)19-6-3-13(4-7-19)24-8-2-5-18;/h9-10,13H,2-8,18H2,1H3;1H. The molecule has 7 nitrogen and oxygen atoms in total. The van der Waals surface area contributed by atoms with E-state index >= 15 is 0 Å². The van der Waals surface area contributed by atoms with Gasteiger partial charge in [0, 0.05) is 25.3 Å². The normalized spacial score (nSPS) is 14.9. The van der Waals surface area contributed by atoms with E-state index in [-0.39, 0.29) is 35.3 Å². The number of carbonyl (C=O) groups is 1. The molecule has 0 radical (unpaired) electrons. The molecule has 0 spiro atoms. The highest BCUT2D eigenvalue weighted by Gasteiger charge is 2.30. The van der Waals surface area contributed by atoms with Gasteiger partial charge in [0.1, 0.15) is 11.4 Å². The van der Waals surface area contributed by atoms with Crippen molar-refractivity contribution in [3.63, 3.8) is 0 Å². The van der Waals surface area contributed by atoms with E-state index in [4.69, 9.17) is 10.5 Å². The first kappa shape index (κ1) is 21.3. The number of carbonyl (C=O) groups excluding carboxylic acids is 1. The summed E-state index contributed by atoms with van der Waals surface area (Å²) in [5, 5.41) is 11.2. The average Bonchev–Trinajstić information content (AvgIpc) is 2.54. The first-order chi connectivity index (χ1) is 11.4. The zero-order valence-electron chi connectivity index (χ0n) is 14.1. The van der Waals surface area contributed by atoms with E-state index in [1.165, 1.54) is 11.8 Å². The second-order valence-corrected chi connectivity index (χ2v) is 5.88. The molecule has 140 valence electrons. The molecule has 9 heteroatoms. The second-order valence-electron chi connectivity index (χ2n) is 5.88. The number of nitrogens with zero attached hydrogens (tertiary/aromatic N) is 2. The number of benzene rings is 1. The average molecular weight is 376 g/mol. The van der Waals surface area contributed by atoms with Gasteiger partial charge in [0.2, 0.25) is 0 Å². The van der Waals surface area contributed by atoms with Crippen molar-refractivity contribution in [2.75, 3.05) is 26.2 Å². The minimum atomic E-state index is -0.651. The third kappa shape index (κ3) is 5.35. The van der Waals surface area contributed by atoms with Gasteiger partial charge in [-0.1, -0.05) is 0 Å². The van der Waals surface area contributed by atoms with Crippen molar-refractivity contribution >= 4 is 24.0 Å². The summed E-state index contributed by atoms with van der Waals surface area (Å²) in [5.41, 5.74) is 5.03. The summed E-state index contributed by atoms with van der Waals surface area (Å²) in [5.74, 6) is -1.16. The Hall–Kier alpha value is -1.77. The fourth-order valence-corrected chi connectivity index (χ4v) is 2.87. The van der Waals surface area contributed by atoms with Crippen LogP contribution in [0.2, 0.25) is 0 Å². The maximum absolute atomic E-state index is 13.6. The van der Waals surface area contributed by atoms with E-state index in [0.717, 1.165) is 18.6 Å². The second kappa shape index (κ2) is 9.65. The fourth-order valence-electron chi connectivity index (χ4n) is 2.87. The molecule has 0 aromatic heterocycles. The summed E-state index contributed by atoms with van der Waals surface area (Å²) in [4.78, 5) is 24.7. The van der Waals surface area contributed by atoms with Gasteiger partial charge in [0.05, 0.1) is 11.0 Å². The maximum atomic E-state index is 13.6. The molecule has 1 amide bonds. The quantitative estimate of drug-likeness (QED) is 0.467. The molecule has 1 heterocycles. The van der Waals surface area contributed by atoms with Crippen LogP contribution in [-0.4, -0.2) is 48.1 Å². The van der Waals surface area contributed by atoms with Crippen LogP contribution >= 0.6 is 12.4 Å². The zero-order valence-corrected chi connectivity index (χ0v) is 14.9. The van der Waals surface area contributed by atoms with Crippen LogP contribution in [0.25, 0.3) is 0 Å². The summed E-state index contributed by atoms with van der Waals surface area (Å²) in [6.07, 6.45) is 2.15. The molecule has 1 aliphatic rings. The summed E-state index contributed by atoms with van der Waals surface area (Å²) in [6.45, 7) is 3.44. The maximum Gasteiger partial charge on any atom is 0.285 e. The Morgan fingerprint density at radius 3 is 2.64 bits per heavy atom. The van der Waals surface area contributed by atoms with Crippen LogP contribution in [0.5, 0.6) is 0 Å². The van der Waals surface area contributed by atoms with E-state index in [0.29, 0.717) is 39.1 Å². The van der Waals surface area contributed by atoms with Crippen molar-refractivity contribution in [2.45, 2.75) is 32.3 Å². The lowest BCUT2D eigenvalue weighted by Gasteiger charge is -2.32. The number of rotatable bonds is 6. The predicted octanol–water partition coefficient (Wildman–Crippen LogP) is 2.43. The minimum absolute atomic E-state index is 0. The van der Waals surface area contributed by atoms with Crippen LogP contribution in [-0.2, 0) is 4.74 Å². The van der Waals surface area contributed by atoms with E-state index in [1.54, 1.807) is 0 Å². The number of amides is 1. The Kier molecular flexibility index (Phi) is 8.21. The number of aryl methyl sites for hydroxylation is 1. The molecular formula is C16H23ClFN3O4. The molecule has 1 aromatic rings. The van der Waals surface area contributed by atoms with Crippen LogP contribution in [0, 0.1) is 22.9 Å². The van der Waals surface area contributed by atoms with E-state index in [2.05, 4.69) is 0 Å². The van der Waals surface area contributed by atoms with E-state index in [9.17, 15) is 19.3 Å². The number of nitrogens with two attached hydrogens (primary N) is 1. The summed E-state index contributed by atoms with van der Waals surface area (Å²) in [7, 11) is 0. The van der Waals surface area contributed by atoms with Gasteiger partial charge in [-0.15, -0.1) is 12.4 Å². The van der Waals surface area contributed by atoms with Crippen molar-refractivity contribution in [1.29, 1.82) is 0 Å². The predicted molar refractivity (Wildman–Crippen MR) is 93.6 cm³/mol. The van der Waals surface area contributed by atoms with Crippen LogP contribution in [0.15, 0.2) is 12.1 Å². The monoisotopic (exact) mass is 375 g/mol. The minimum Gasteiger partial charge on any atom is -0.378 e. The molecule has 25 heavy (non-hydrogen) atoms. The van der Waals surface area contributed by atoms with Crippen LogP contribution in [0.4, 0.5) is 10.1 Å². The third-order valence-corrected chi connectivity index (χ3v) is 4.11. The van der Waals surface area contributed by atoms with Crippen molar-refractivity contribution in [2.24, 2.45) is 5.73 Å². The van der Waals surface area contributed by atoms with Crippen LogP contribution in [0.1, 0.15) is 35.2 Å². The summed E-state index contributed by atoms with van der Waals surface area (Å²) < 4.78 is 19.3. The molecule has 0 atom stereocenters. The van der Waals surface area contributed by atoms with Gasteiger partial charge >= 0.3 is 0 Å². The first-order valence-corrected chi connectivity index (χ1v) is 7.99. The molecule has 0 unspecified atom stereocenters. The highest BCUT2D eigenvalue weighted by molar-refractivity contribution is 5.98. The van der Waals surface area contributed by atoms with Crippen LogP contribution in [0.3, 0.4) is 0 Å². The highest BCUT2D eigenvalue weighted by atomic mass is 35.5. The van der Waals surface area contributed by atoms with Gasteiger partial charge < -0.3 is 15.4 Å². The third-order valence-electron chi connectivity index (χ3n) is 4.11. The Bertz CT molecular complexity index is 622. The largest absolute Gasteiger partial charge is 0.378 e. The number of nitro groups is 1. The van der Waals surface area contributed by atoms with E-state index in [1.807, 2.05) is 0 Å². The molecule has 2 N–H and O–H groups in total. The van der Waals surface area contributed by atoms with Gasteiger partial charge in [-0.2, -0.15) is 0 Å². The molecule has 1 saturated heterocycles. The number of piperidine rings is 1. The van der Waals surface area contributed by atoms with E-state index < -0.39 is 16.6 Å². The lowest BCUT2D eigenvalue weighted by Crippen LogP contribution is -2.41. The molecule has 0 bridgehead atoms. The Morgan fingerprint density at radius 2 is 2.08 bits per heavy atom. The Balaban J connectivity index is 0.00000312. The molecule has 0 saturated carbocycles. The molecule has 1 aliphatic heterocycles. The summed E-state index contributed by atoms with van der Waals surface area (Å²) >= 11 is 0. The smallest absolute Gasteiger partial charge is 0.285 e. The lowest BCUT2D eigenvalue weighted by molar-refractivity contribution is -0.385. The molecule has 1 fully saturated rings. The number of ether oxygens (including phenoxy) is 1. The van der Waals surface area contributed by atoms with Crippen molar-refractivity contribution in [3.8, 4) is 0 Å². The van der Waals surface area contributed by atoms with Crippen molar-refractivity contribution in [1.82, 2.24) is 4.90 Å². The highest BCUT2D eigenvalue weighted by Crippen LogP contribution is 2.27. The van der Waals surface area contributed by atoms with Gasteiger partial charge in [-0.05, 0) is 44.9 Å². The number of nitro benzene ring substituents is 1. The van der Waals surface area contributed by atoms with Gasteiger partial charge in [0.25, 0.3) is 11.6 Å². The fraction of sp³-hybridized carbons (Fsp3) is 0.562. The number of hydrogen-bond acceptors (Lipinski definition) is 5. The molecule has 0 aliphatic carbocycles. The number of halogens is 2. The topological polar surface area (TPSA) is 98.7 Å². The Labute approximate surface area is 151 Å². The Morgan fingerprint density at radius 1 is 1.44 bits per heavy atom. The molecular weight excluding hydrogens is 353 g/mol. The van der Waals surface area contributed by atoms with Crippen molar-refractivity contribution in [3.05, 3.63) is 39.2 Å². The number of likely N-dealkylation sites (tertiary alicyclic amines) is 1. The molecule has 2 rings (SSSR count). The molecule has 1 aromatic carbocycles. The number of hydrogen-bond donors (Lipinski definition) is 1. The zero-order chi connectivity index (χ0) is 17.7.